The van der Waals surface area contributed by atoms with Crippen LogP contribution in [0.2, 0.25) is 0 Å². The zero-order valence-corrected chi connectivity index (χ0v) is 15.2. The molecule has 3 N–H and O–H groups in total. The first kappa shape index (κ1) is 18.5. The second kappa shape index (κ2) is 7.52. The molecule has 0 bridgehead atoms. The van der Waals surface area contributed by atoms with Gasteiger partial charge in [-0.25, -0.2) is 8.42 Å². The molecular weight excluding hydrogens is 358 g/mol. The third-order valence-electron chi connectivity index (χ3n) is 4.14. The summed E-state index contributed by atoms with van der Waals surface area (Å²) in [5.74, 6) is 0.444. The monoisotopic (exact) mass is 379 g/mol. The van der Waals surface area contributed by atoms with E-state index >= 15 is 0 Å². The summed E-state index contributed by atoms with van der Waals surface area (Å²) in [4.78, 5) is 16.5. The van der Waals surface area contributed by atoms with Crippen molar-refractivity contribution in [2.75, 3.05) is 13.1 Å². The van der Waals surface area contributed by atoms with Gasteiger partial charge < -0.3 is 15.6 Å². The summed E-state index contributed by atoms with van der Waals surface area (Å²) >= 11 is 0. The predicted molar refractivity (Wildman–Crippen MR) is 92.6 cm³/mol. The van der Waals surface area contributed by atoms with E-state index in [4.69, 9.17) is 10.3 Å². The van der Waals surface area contributed by atoms with Crippen molar-refractivity contribution in [1.29, 1.82) is 0 Å². The zero-order valence-electron chi connectivity index (χ0n) is 14.4. The number of carbonyl (C=O) groups is 1. The Kier molecular flexibility index (Phi) is 5.35. The molecule has 1 aromatic heterocycles. The highest BCUT2D eigenvalue weighted by atomic mass is 32.2. The van der Waals surface area contributed by atoms with Crippen molar-refractivity contribution in [1.82, 2.24) is 19.8 Å². The lowest BCUT2D eigenvalue weighted by Crippen LogP contribution is -2.32. The third kappa shape index (κ3) is 3.92. The predicted octanol–water partition coefficient (Wildman–Crippen LogP) is 0.284. The maximum atomic E-state index is 12.7. The first-order valence-corrected chi connectivity index (χ1v) is 9.79. The number of carbonyl (C=O) groups excluding carboxylic acids is 1. The van der Waals surface area contributed by atoms with E-state index in [2.05, 4.69) is 15.5 Å². The van der Waals surface area contributed by atoms with Crippen LogP contribution in [0.5, 0.6) is 0 Å². The van der Waals surface area contributed by atoms with Crippen LogP contribution in [0.25, 0.3) is 0 Å². The fraction of sp³-hybridized carbons (Fsp3) is 0.438. The summed E-state index contributed by atoms with van der Waals surface area (Å²) in [5, 5.41) is 6.41. The Morgan fingerprint density at radius 2 is 2.27 bits per heavy atom. The Bertz CT molecular complexity index is 896. The van der Waals surface area contributed by atoms with Gasteiger partial charge in [-0.1, -0.05) is 18.1 Å². The number of nitrogens with two attached hydrogens (primary N) is 1. The van der Waals surface area contributed by atoms with Gasteiger partial charge in [-0.15, -0.1) is 0 Å². The van der Waals surface area contributed by atoms with E-state index in [-0.39, 0.29) is 29.6 Å². The number of benzene rings is 1. The number of sulfonamides is 1. The highest BCUT2D eigenvalue weighted by molar-refractivity contribution is 7.89. The minimum atomic E-state index is -3.66. The molecule has 2 heterocycles. The van der Waals surface area contributed by atoms with Gasteiger partial charge in [0.05, 0.1) is 11.4 Å². The van der Waals surface area contributed by atoms with Crippen molar-refractivity contribution in [2.24, 2.45) is 5.73 Å². The molecule has 1 atom stereocenters. The molecule has 1 aromatic carbocycles. The summed E-state index contributed by atoms with van der Waals surface area (Å²) < 4.78 is 31.7. The number of hydrogen-bond acceptors (Lipinski definition) is 7. The topological polar surface area (TPSA) is 131 Å². The second-order valence-electron chi connectivity index (χ2n) is 6.08. The molecule has 1 aliphatic rings. The molecule has 140 valence electrons. The van der Waals surface area contributed by atoms with Gasteiger partial charge >= 0.3 is 0 Å². The molecule has 3 rings (SSSR count). The van der Waals surface area contributed by atoms with Crippen LogP contribution in [-0.2, 0) is 23.0 Å². The third-order valence-corrected chi connectivity index (χ3v) is 6.00. The van der Waals surface area contributed by atoms with Crippen LogP contribution in [0.15, 0.2) is 33.7 Å². The number of rotatable bonds is 6. The molecule has 0 aliphatic carbocycles. The van der Waals surface area contributed by atoms with E-state index < -0.39 is 15.9 Å². The highest BCUT2D eigenvalue weighted by Crippen LogP contribution is 2.21. The molecule has 26 heavy (non-hydrogen) atoms. The fourth-order valence-electron chi connectivity index (χ4n) is 2.69. The largest absolute Gasteiger partial charge is 0.345 e. The smallest absolute Gasteiger partial charge is 0.251 e. The lowest BCUT2D eigenvalue weighted by molar-refractivity contribution is 0.0949. The van der Waals surface area contributed by atoms with Gasteiger partial charge in [0.1, 0.15) is 0 Å². The average Bonchev–Trinajstić information content (AvgIpc) is 3.28. The minimum absolute atomic E-state index is 0.0760. The van der Waals surface area contributed by atoms with Crippen LogP contribution in [0.1, 0.15) is 35.4 Å². The van der Waals surface area contributed by atoms with Crippen LogP contribution >= 0.6 is 0 Å². The molecular formula is C16H21N5O4S. The molecule has 0 radical (unpaired) electrons. The normalized spacial score (nSPS) is 18.2. The summed E-state index contributed by atoms with van der Waals surface area (Å²) in [6.07, 6.45) is 1.24. The van der Waals surface area contributed by atoms with Crippen LogP contribution in [-0.4, -0.2) is 47.9 Å². The molecule has 1 amide bonds. The van der Waals surface area contributed by atoms with Crippen LogP contribution in [0.3, 0.4) is 0 Å². The van der Waals surface area contributed by atoms with Gasteiger partial charge in [-0.3, -0.25) is 4.79 Å². The van der Waals surface area contributed by atoms with Gasteiger partial charge in [0.2, 0.25) is 15.9 Å². The van der Waals surface area contributed by atoms with Gasteiger partial charge in [0.15, 0.2) is 5.82 Å². The fourth-order valence-corrected chi connectivity index (χ4v) is 4.24. The van der Waals surface area contributed by atoms with E-state index in [1.165, 1.54) is 16.4 Å². The van der Waals surface area contributed by atoms with E-state index in [0.717, 1.165) is 0 Å². The Morgan fingerprint density at radius 3 is 2.92 bits per heavy atom. The van der Waals surface area contributed by atoms with E-state index in [0.29, 0.717) is 31.1 Å². The molecule has 0 unspecified atom stereocenters. The summed E-state index contributed by atoms with van der Waals surface area (Å²) in [6, 6.07) is 5.78. The average molecular weight is 379 g/mol. The quantitative estimate of drug-likeness (QED) is 0.737. The first-order chi connectivity index (χ1) is 12.4. The summed E-state index contributed by atoms with van der Waals surface area (Å²) in [5.41, 5.74) is 6.04. The number of aryl methyl sites for hydroxylation is 1. The van der Waals surface area contributed by atoms with Gasteiger partial charge in [-0.2, -0.15) is 9.29 Å². The Labute approximate surface area is 151 Å². The SMILES string of the molecule is CCc1nc(CNC(=O)c2cccc(S(=O)(=O)N3CC[C@H](N)C3)c2)no1. The number of nitrogens with zero attached hydrogens (tertiary/aromatic N) is 3. The molecule has 9 nitrogen and oxygen atoms in total. The van der Waals surface area contributed by atoms with Crippen molar-refractivity contribution in [3.63, 3.8) is 0 Å². The maximum Gasteiger partial charge on any atom is 0.251 e. The molecule has 1 fully saturated rings. The van der Waals surface area contributed by atoms with Gasteiger partial charge in [0, 0.05) is 31.1 Å². The second-order valence-corrected chi connectivity index (χ2v) is 8.02. The summed E-state index contributed by atoms with van der Waals surface area (Å²) in [7, 11) is -3.66. The van der Waals surface area contributed by atoms with Crippen LogP contribution in [0, 0.1) is 0 Å². The Balaban J connectivity index is 1.71. The molecule has 1 saturated heterocycles. The molecule has 0 spiro atoms. The molecule has 2 aromatic rings. The van der Waals surface area contributed by atoms with Crippen molar-refractivity contribution < 1.29 is 17.7 Å². The maximum absolute atomic E-state index is 12.7. The molecule has 0 saturated carbocycles. The highest BCUT2D eigenvalue weighted by Gasteiger charge is 2.31. The van der Waals surface area contributed by atoms with Gasteiger partial charge in [-0.05, 0) is 24.6 Å². The lowest BCUT2D eigenvalue weighted by atomic mass is 10.2. The summed E-state index contributed by atoms with van der Waals surface area (Å²) in [6.45, 7) is 2.66. The van der Waals surface area contributed by atoms with Crippen LogP contribution < -0.4 is 11.1 Å². The van der Waals surface area contributed by atoms with Crippen molar-refractivity contribution in [2.45, 2.75) is 37.2 Å². The van der Waals surface area contributed by atoms with Crippen molar-refractivity contribution in [3.8, 4) is 0 Å². The number of aromatic nitrogens is 2. The lowest BCUT2D eigenvalue weighted by Gasteiger charge is -2.16. The van der Waals surface area contributed by atoms with E-state index in [9.17, 15) is 13.2 Å². The van der Waals surface area contributed by atoms with Crippen molar-refractivity contribution >= 4 is 15.9 Å². The number of hydrogen-bond donors (Lipinski definition) is 2. The molecule has 1 aliphatic heterocycles. The van der Waals surface area contributed by atoms with Crippen LogP contribution in [0.4, 0.5) is 0 Å². The van der Waals surface area contributed by atoms with E-state index in [1.54, 1.807) is 12.1 Å². The minimum Gasteiger partial charge on any atom is -0.345 e. The standard InChI is InChI=1S/C16H21N5O4S/c1-2-15-19-14(20-25-15)9-18-16(22)11-4-3-5-13(8-11)26(23,24)21-7-6-12(17)10-21/h3-5,8,12H,2,6-7,9-10,17H2,1H3,(H,18,22)/t12-/m0/s1. The number of nitrogens with one attached hydrogen (secondary N) is 1. The molecule has 10 heteroatoms. The van der Waals surface area contributed by atoms with E-state index in [1.807, 2.05) is 6.92 Å². The first-order valence-electron chi connectivity index (χ1n) is 8.35. The number of amides is 1. The Morgan fingerprint density at radius 1 is 1.46 bits per heavy atom. The zero-order chi connectivity index (χ0) is 18.7. The van der Waals surface area contributed by atoms with Crippen molar-refractivity contribution in [3.05, 3.63) is 41.5 Å². The Hall–Kier alpha value is -2.30. The van der Waals surface area contributed by atoms with Gasteiger partial charge in [0.25, 0.3) is 5.91 Å².